The van der Waals surface area contributed by atoms with Gasteiger partial charge in [-0.3, -0.25) is 24.0 Å². The monoisotopic (exact) mass is 511 g/mol. The number of nitrogens with two attached hydrogens (primary N) is 2. The van der Waals surface area contributed by atoms with Crippen molar-refractivity contribution in [3.63, 3.8) is 0 Å². The summed E-state index contributed by atoms with van der Waals surface area (Å²) in [4.78, 5) is 78.6. The second kappa shape index (κ2) is 14.4. The van der Waals surface area contributed by atoms with Crippen LogP contribution >= 0.6 is 0 Å². The van der Waals surface area contributed by atoms with Gasteiger partial charge in [-0.1, -0.05) is 20.3 Å². The molecule has 0 fully saturated rings. The molecule has 0 aromatic carbocycles. The van der Waals surface area contributed by atoms with Crippen LogP contribution in [0.4, 0.5) is 0 Å². The number of amides is 4. The fraction of sp³-hybridized carbons (Fsp3) is 0.571. The molecule has 15 nitrogen and oxygen atoms in total. The third kappa shape index (κ3) is 10.1. The highest BCUT2D eigenvalue weighted by Crippen LogP contribution is 2.11. The van der Waals surface area contributed by atoms with Crippen LogP contribution in [-0.2, 0) is 35.2 Å². The van der Waals surface area contributed by atoms with Crippen LogP contribution in [0.15, 0.2) is 12.5 Å². The first kappa shape index (κ1) is 30.0. The molecular formula is C21H33N7O8. The van der Waals surface area contributed by atoms with Gasteiger partial charge in [-0.2, -0.15) is 0 Å². The summed E-state index contributed by atoms with van der Waals surface area (Å²) in [5.41, 5.74) is 11.6. The molecule has 0 saturated heterocycles. The first-order valence-corrected chi connectivity index (χ1v) is 11.2. The van der Waals surface area contributed by atoms with E-state index < -0.39 is 78.5 Å². The van der Waals surface area contributed by atoms with Crippen LogP contribution in [0.5, 0.6) is 0 Å². The summed E-state index contributed by atoms with van der Waals surface area (Å²) in [6, 6.07) is -5.28. The van der Waals surface area contributed by atoms with Gasteiger partial charge in [0, 0.05) is 24.7 Å². The fourth-order valence-corrected chi connectivity index (χ4v) is 3.16. The Balaban J connectivity index is 3.01. The quantitative estimate of drug-likeness (QED) is 0.117. The molecule has 1 heterocycles. The molecule has 0 saturated carbocycles. The number of nitrogens with one attached hydrogen (secondary N) is 4. The number of imidazole rings is 1. The average molecular weight is 512 g/mol. The van der Waals surface area contributed by atoms with Gasteiger partial charge in [-0.15, -0.1) is 0 Å². The Morgan fingerprint density at radius 1 is 1.03 bits per heavy atom. The molecule has 5 atom stereocenters. The number of aromatic nitrogens is 2. The maximum absolute atomic E-state index is 13.1. The minimum atomic E-state index is -1.68. The number of hydrogen-bond acceptors (Lipinski definition) is 8. The van der Waals surface area contributed by atoms with Gasteiger partial charge < -0.3 is 42.6 Å². The number of carboxylic acid groups (broad SMARTS) is 2. The van der Waals surface area contributed by atoms with E-state index in [2.05, 4.69) is 25.9 Å². The van der Waals surface area contributed by atoms with Gasteiger partial charge in [-0.25, -0.2) is 9.78 Å². The lowest BCUT2D eigenvalue weighted by Crippen LogP contribution is -2.59. The van der Waals surface area contributed by atoms with Crippen molar-refractivity contribution in [3.8, 4) is 0 Å². The van der Waals surface area contributed by atoms with Crippen molar-refractivity contribution in [1.82, 2.24) is 25.9 Å². The predicted molar refractivity (Wildman–Crippen MR) is 124 cm³/mol. The molecule has 1 aromatic rings. The molecule has 200 valence electrons. The Kier molecular flexibility index (Phi) is 12.0. The molecule has 0 aliphatic heterocycles. The van der Waals surface area contributed by atoms with E-state index in [1.54, 1.807) is 13.8 Å². The van der Waals surface area contributed by atoms with Gasteiger partial charge in [0.2, 0.25) is 23.6 Å². The smallest absolute Gasteiger partial charge is 0.326 e. The molecule has 0 aliphatic carbocycles. The lowest BCUT2D eigenvalue weighted by molar-refractivity contribution is -0.144. The van der Waals surface area contributed by atoms with Gasteiger partial charge in [0.1, 0.15) is 18.1 Å². The molecule has 10 N–H and O–H groups in total. The number of rotatable bonds is 16. The van der Waals surface area contributed by atoms with Crippen molar-refractivity contribution in [1.29, 1.82) is 0 Å². The molecule has 4 amide bonds. The highest BCUT2D eigenvalue weighted by molar-refractivity contribution is 5.95. The summed E-state index contributed by atoms with van der Waals surface area (Å²) in [6.45, 7) is 3.46. The number of carbonyl (C=O) groups is 6. The van der Waals surface area contributed by atoms with Crippen molar-refractivity contribution < 1.29 is 39.0 Å². The molecule has 0 radical (unpaired) electrons. The van der Waals surface area contributed by atoms with Crippen molar-refractivity contribution in [3.05, 3.63) is 18.2 Å². The number of hydrogen-bond donors (Lipinski definition) is 8. The maximum Gasteiger partial charge on any atom is 0.326 e. The van der Waals surface area contributed by atoms with Gasteiger partial charge in [0.05, 0.1) is 18.8 Å². The number of nitrogens with zero attached hydrogens (tertiary/aromatic N) is 1. The van der Waals surface area contributed by atoms with Gasteiger partial charge in [-0.05, 0) is 12.3 Å². The number of carbonyl (C=O) groups excluding carboxylic acids is 4. The zero-order valence-electron chi connectivity index (χ0n) is 20.0. The normalized spacial score (nSPS) is 15.0. The Labute approximate surface area is 206 Å². The van der Waals surface area contributed by atoms with Crippen LogP contribution < -0.4 is 27.4 Å². The molecule has 1 rings (SSSR count). The predicted octanol–water partition coefficient (Wildman–Crippen LogP) is -2.40. The highest BCUT2D eigenvalue weighted by Gasteiger charge is 2.33. The topological polar surface area (TPSA) is 260 Å². The van der Waals surface area contributed by atoms with Gasteiger partial charge >= 0.3 is 11.9 Å². The lowest BCUT2D eigenvalue weighted by Gasteiger charge is -2.27. The summed E-state index contributed by atoms with van der Waals surface area (Å²) in [5.74, 6) is -6.64. The van der Waals surface area contributed by atoms with Crippen LogP contribution in [-0.4, -0.2) is 79.9 Å². The minimum Gasteiger partial charge on any atom is -0.481 e. The maximum atomic E-state index is 13.1. The SMILES string of the molecule is CCC(C)C(NC(=O)C(N)Cc1cnc[nH]1)C(=O)NC(CCC(=O)O)C(=O)NC(CC(N)=O)C(=O)O. The summed E-state index contributed by atoms with van der Waals surface area (Å²) >= 11 is 0. The van der Waals surface area contributed by atoms with Crippen LogP contribution in [0.2, 0.25) is 0 Å². The summed E-state index contributed by atoms with van der Waals surface area (Å²) < 4.78 is 0. The van der Waals surface area contributed by atoms with E-state index in [1.807, 2.05) is 0 Å². The van der Waals surface area contributed by atoms with Crippen molar-refractivity contribution >= 4 is 35.6 Å². The standard InChI is InChI=1S/C21H33N7O8/c1-3-10(2)17(28-18(32)12(22)6-11-8-24-9-25-11)20(34)26-13(4-5-16(30)31)19(33)27-14(21(35)36)7-15(23)29/h8-10,12-14,17H,3-7,22H2,1-2H3,(H2,23,29)(H,24,25)(H,26,34)(H,27,33)(H,28,32)(H,30,31)(H,35,36). The van der Waals surface area contributed by atoms with Gasteiger partial charge in [0.15, 0.2) is 0 Å². The molecule has 36 heavy (non-hydrogen) atoms. The van der Waals surface area contributed by atoms with E-state index in [-0.39, 0.29) is 12.8 Å². The molecule has 0 spiro atoms. The first-order chi connectivity index (χ1) is 16.8. The molecule has 0 aliphatic rings. The summed E-state index contributed by atoms with van der Waals surface area (Å²) in [6.07, 6.45) is 1.90. The van der Waals surface area contributed by atoms with E-state index in [1.165, 1.54) is 12.5 Å². The fourth-order valence-electron chi connectivity index (χ4n) is 3.16. The zero-order chi connectivity index (χ0) is 27.4. The Hall–Kier alpha value is -4.01. The van der Waals surface area contributed by atoms with Crippen molar-refractivity contribution in [2.75, 3.05) is 0 Å². The highest BCUT2D eigenvalue weighted by atomic mass is 16.4. The third-order valence-electron chi connectivity index (χ3n) is 5.42. The second-order valence-electron chi connectivity index (χ2n) is 8.32. The van der Waals surface area contributed by atoms with Crippen LogP contribution in [0.25, 0.3) is 0 Å². The van der Waals surface area contributed by atoms with Crippen molar-refractivity contribution in [2.45, 2.75) is 70.1 Å². The van der Waals surface area contributed by atoms with Crippen LogP contribution in [0.3, 0.4) is 0 Å². The van der Waals surface area contributed by atoms with E-state index in [9.17, 15) is 33.9 Å². The Morgan fingerprint density at radius 3 is 2.17 bits per heavy atom. The molecule has 5 unspecified atom stereocenters. The largest absolute Gasteiger partial charge is 0.481 e. The van der Waals surface area contributed by atoms with E-state index in [0.717, 1.165) is 0 Å². The molecule has 1 aromatic heterocycles. The van der Waals surface area contributed by atoms with Crippen LogP contribution in [0.1, 0.15) is 45.2 Å². The van der Waals surface area contributed by atoms with E-state index in [4.69, 9.17) is 16.6 Å². The molecular weight excluding hydrogens is 478 g/mol. The first-order valence-electron chi connectivity index (χ1n) is 11.2. The lowest BCUT2D eigenvalue weighted by atomic mass is 9.96. The third-order valence-corrected chi connectivity index (χ3v) is 5.42. The van der Waals surface area contributed by atoms with Crippen molar-refractivity contribution in [2.24, 2.45) is 17.4 Å². The average Bonchev–Trinajstić information content (AvgIpc) is 3.31. The Bertz CT molecular complexity index is 937. The molecule has 0 bridgehead atoms. The number of primary amides is 1. The number of carboxylic acids is 2. The van der Waals surface area contributed by atoms with E-state index in [0.29, 0.717) is 12.1 Å². The van der Waals surface area contributed by atoms with Crippen LogP contribution in [0, 0.1) is 5.92 Å². The summed E-state index contributed by atoms with van der Waals surface area (Å²) in [7, 11) is 0. The number of H-pyrrole nitrogens is 1. The second-order valence-corrected chi connectivity index (χ2v) is 8.32. The number of aliphatic carboxylic acids is 2. The van der Waals surface area contributed by atoms with Gasteiger partial charge in [0.25, 0.3) is 0 Å². The number of aromatic amines is 1. The Morgan fingerprint density at radius 2 is 1.67 bits per heavy atom. The minimum absolute atomic E-state index is 0.126. The van der Waals surface area contributed by atoms with E-state index >= 15 is 0 Å². The molecule has 15 heteroatoms. The summed E-state index contributed by atoms with van der Waals surface area (Å²) in [5, 5.41) is 25.2. The zero-order valence-corrected chi connectivity index (χ0v) is 20.0.